The number of benzene rings is 1. The second-order valence-electron chi connectivity index (χ2n) is 6.10. The fraction of sp³-hybridized carbons (Fsp3) is 0.625. The van der Waals surface area contributed by atoms with Crippen LogP contribution in [-0.4, -0.2) is 13.1 Å². The molecule has 0 aromatic heterocycles. The van der Waals surface area contributed by atoms with E-state index in [4.69, 9.17) is 0 Å². The molecule has 0 radical (unpaired) electrons. The molecule has 1 saturated carbocycles. The highest BCUT2D eigenvalue weighted by atomic mass is 19.2. The topological polar surface area (TPSA) is 12.0 Å². The van der Waals surface area contributed by atoms with Gasteiger partial charge in [0.05, 0.1) is 0 Å². The van der Waals surface area contributed by atoms with E-state index in [1.807, 2.05) is 0 Å². The molecule has 1 aliphatic carbocycles. The first kappa shape index (κ1) is 14.4. The van der Waals surface area contributed by atoms with Crippen molar-refractivity contribution in [1.82, 2.24) is 5.32 Å². The van der Waals surface area contributed by atoms with Gasteiger partial charge >= 0.3 is 0 Å². The van der Waals surface area contributed by atoms with Crippen LogP contribution in [0.4, 0.5) is 8.78 Å². The summed E-state index contributed by atoms with van der Waals surface area (Å²) in [7, 11) is 0. The van der Waals surface area contributed by atoms with E-state index in [1.165, 1.54) is 0 Å². The number of hydrogen-bond donors (Lipinski definition) is 1. The van der Waals surface area contributed by atoms with Crippen LogP contribution in [0.5, 0.6) is 0 Å². The molecule has 0 spiro atoms. The van der Waals surface area contributed by atoms with Gasteiger partial charge in [-0.25, -0.2) is 8.78 Å². The van der Waals surface area contributed by atoms with E-state index in [1.54, 1.807) is 19.1 Å². The zero-order chi connectivity index (χ0) is 14.0. The van der Waals surface area contributed by atoms with E-state index in [0.29, 0.717) is 23.0 Å². The molecule has 1 aromatic rings. The normalized spacial score (nSPS) is 22.6. The predicted octanol–water partition coefficient (Wildman–Crippen LogP) is 4.01. The number of aryl methyl sites for hydroxylation is 1. The summed E-state index contributed by atoms with van der Waals surface area (Å²) in [4.78, 5) is 0. The number of halogens is 2. The van der Waals surface area contributed by atoms with Crippen LogP contribution in [0.3, 0.4) is 0 Å². The van der Waals surface area contributed by atoms with Gasteiger partial charge in [0.25, 0.3) is 0 Å². The van der Waals surface area contributed by atoms with Crippen LogP contribution in [0.15, 0.2) is 12.1 Å². The Kier molecular flexibility index (Phi) is 4.56. The highest BCUT2D eigenvalue weighted by Crippen LogP contribution is 2.43. The van der Waals surface area contributed by atoms with E-state index < -0.39 is 11.6 Å². The van der Waals surface area contributed by atoms with Crippen molar-refractivity contribution < 1.29 is 8.78 Å². The molecular formula is C16H23F2N. The number of rotatable bonds is 5. The first-order valence-electron chi connectivity index (χ1n) is 7.16. The van der Waals surface area contributed by atoms with Gasteiger partial charge < -0.3 is 5.32 Å². The SMILES string of the molecule is Cc1ccc(C2CCC2CNCC(C)C)c(F)c1F. The highest BCUT2D eigenvalue weighted by molar-refractivity contribution is 5.30. The maximum atomic E-state index is 14.0. The van der Waals surface area contributed by atoms with Crippen LogP contribution >= 0.6 is 0 Å². The molecule has 19 heavy (non-hydrogen) atoms. The summed E-state index contributed by atoms with van der Waals surface area (Å²) < 4.78 is 27.6. The number of nitrogens with one attached hydrogen (secondary N) is 1. The molecule has 0 heterocycles. The van der Waals surface area contributed by atoms with Gasteiger partial charge in [-0.1, -0.05) is 26.0 Å². The molecule has 1 fully saturated rings. The Balaban J connectivity index is 2.01. The lowest BCUT2D eigenvalue weighted by atomic mass is 9.69. The van der Waals surface area contributed by atoms with Crippen molar-refractivity contribution in [2.75, 3.05) is 13.1 Å². The van der Waals surface area contributed by atoms with Gasteiger partial charge in [-0.2, -0.15) is 0 Å². The summed E-state index contributed by atoms with van der Waals surface area (Å²) >= 11 is 0. The summed E-state index contributed by atoms with van der Waals surface area (Å²) in [5.74, 6) is -0.0888. The third kappa shape index (κ3) is 3.14. The van der Waals surface area contributed by atoms with Crippen molar-refractivity contribution in [3.8, 4) is 0 Å². The van der Waals surface area contributed by atoms with Gasteiger partial charge in [0.15, 0.2) is 11.6 Å². The van der Waals surface area contributed by atoms with Crippen LogP contribution in [0.1, 0.15) is 43.7 Å². The third-order valence-electron chi connectivity index (χ3n) is 4.08. The summed E-state index contributed by atoms with van der Waals surface area (Å²) in [6.45, 7) is 7.82. The fourth-order valence-electron chi connectivity index (χ4n) is 2.73. The lowest BCUT2D eigenvalue weighted by Crippen LogP contribution is -2.35. The van der Waals surface area contributed by atoms with Crippen LogP contribution in [-0.2, 0) is 0 Å². The average Bonchev–Trinajstić information content (AvgIpc) is 2.33. The van der Waals surface area contributed by atoms with E-state index in [-0.39, 0.29) is 5.92 Å². The van der Waals surface area contributed by atoms with Gasteiger partial charge in [0.1, 0.15) is 0 Å². The second kappa shape index (κ2) is 6.00. The average molecular weight is 267 g/mol. The third-order valence-corrected chi connectivity index (χ3v) is 4.08. The molecule has 0 aliphatic heterocycles. The van der Waals surface area contributed by atoms with Crippen LogP contribution in [0.25, 0.3) is 0 Å². The van der Waals surface area contributed by atoms with Crippen molar-refractivity contribution in [3.05, 3.63) is 34.9 Å². The summed E-state index contributed by atoms with van der Waals surface area (Å²) in [5, 5.41) is 3.42. The minimum Gasteiger partial charge on any atom is -0.316 e. The fourth-order valence-corrected chi connectivity index (χ4v) is 2.73. The molecule has 2 atom stereocenters. The van der Waals surface area contributed by atoms with Crippen molar-refractivity contribution >= 4 is 0 Å². The molecule has 1 aliphatic rings. The van der Waals surface area contributed by atoms with Crippen LogP contribution in [0.2, 0.25) is 0 Å². The van der Waals surface area contributed by atoms with Crippen LogP contribution in [0, 0.1) is 30.4 Å². The Hall–Kier alpha value is -0.960. The molecule has 0 amide bonds. The molecule has 0 bridgehead atoms. The zero-order valence-corrected chi connectivity index (χ0v) is 12.0. The van der Waals surface area contributed by atoms with E-state index >= 15 is 0 Å². The molecule has 1 nitrogen and oxygen atoms in total. The van der Waals surface area contributed by atoms with Crippen molar-refractivity contribution in [3.63, 3.8) is 0 Å². The Morgan fingerprint density at radius 1 is 1.21 bits per heavy atom. The quantitative estimate of drug-likeness (QED) is 0.850. The lowest BCUT2D eigenvalue weighted by molar-refractivity contribution is 0.236. The van der Waals surface area contributed by atoms with Gasteiger partial charge in [-0.15, -0.1) is 0 Å². The molecule has 1 aromatic carbocycles. The summed E-state index contributed by atoms with van der Waals surface area (Å²) in [5.41, 5.74) is 0.945. The molecule has 0 saturated heterocycles. The van der Waals surface area contributed by atoms with Gasteiger partial charge in [-0.05, 0) is 61.7 Å². The van der Waals surface area contributed by atoms with Crippen molar-refractivity contribution in [1.29, 1.82) is 0 Å². The van der Waals surface area contributed by atoms with E-state index in [9.17, 15) is 8.78 Å². The molecule has 106 valence electrons. The number of hydrogen-bond acceptors (Lipinski definition) is 1. The monoisotopic (exact) mass is 267 g/mol. The van der Waals surface area contributed by atoms with E-state index in [2.05, 4.69) is 19.2 Å². The summed E-state index contributed by atoms with van der Waals surface area (Å²) in [6.07, 6.45) is 2.07. The first-order chi connectivity index (χ1) is 9.00. The minimum atomic E-state index is -0.682. The molecule has 2 unspecified atom stereocenters. The van der Waals surface area contributed by atoms with E-state index in [0.717, 1.165) is 25.9 Å². The zero-order valence-electron chi connectivity index (χ0n) is 12.0. The Morgan fingerprint density at radius 2 is 1.95 bits per heavy atom. The minimum absolute atomic E-state index is 0.176. The first-order valence-corrected chi connectivity index (χ1v) is 7.16. The molecule has 2 rings (SSSR count). The lowest BCUT2D eigenvalue weighted by Gasteiger charge is -2.37. The maximum Gasteiger partial charge on any atom is 0.162 e. The Bertz CT molecular complexity index is 443. The standard InChI is InChI=1S/C16H23F2N/c1-10(2)8-19-9-12-5-7-13(12)14-6-4-11(3)15(17)16(14)18/h4,6,10,12-13,19H,5,7-9H2,1-3H3. The smallest absolute Gasteiger partial charge is 0.162 e. The van der Waals surface area contributed by atoms with Gasteiger partial charge in [0.2, 0.25) is 0 Å². The van der Waals surface area contributed by atoms with Gasteiger partial charge in [-0.3, -0.25) is 0 Å². The molecule has 1 N–H and O–H groups in total. The molecular weight excluding hydrogens is 244 g/mol. The van der Waals surface area contributed by atoms with Gasteiger partial charge in [0, 0.05) is 0 Å². The maximum absolute atomic E-state index is 14.0. The predicted molar refractivity (Wildman–Crippen MR) is 74.3 cm³/mol. The van der Waals surface area contributed by atoms with Crippen molar-refractivity contribution in [2.45, 2.75) is 39.5 Å². The largest absolute Gasteiger partial charge is 0.316 e. The Labute approximate surface area is 114 Å². The second-order valence-corrected chi connectivity index (χ2v) is 6.10. The van der Waals surface area contributed by atoms with Crippen molar-refractivity contribution in [2.24, 2.45) is 11.8 Å². The van der Waals surface area contributed by atoms with Crippen LogP contribution < -0.4 is 5.32 Å². The summed E-state index contributed by atoms with van der Waals surface area (Å²) in [6, 6.07) is 3.44. The molecule has 3 heteroatoms. The Morgan fingerprint density at radius 3 is 2.53 bits per heavy atom. The highest BCUT2D eigenvalue weighted by Gasteiger charge is 2.34.